The number of carbonyl (C=O) groups excluding carboxylic acids is 2. The third-order valence-electron chi connectivity index (χ3n) is 3.21. The highest BCUT2D eigenvalue weighted by Crippen LogP contribution is 2.32. The second kappa shape index (κ2) is 10.6. The number of carboxylic acids is 1. The van der Waals surface area contributed by atoms with E-state index in [4.69, 9.17) is 19.3 Å². The van der Waals surface area contributed by atoms with Crippen molar-refractivity contribution >= 4 is 23.9 Å². The van der Waals surface area contributed by atoms with Crippen molar-refractivity contribution in [3.05, 3.63) is 48.5 Å². The zero-order chi connectivity index (χ0) is 19.5. The Balaban J connectivity index is 2.02. The Labute approximate surface area is 155 Å². The molecule has 2 N–H and O–H groups in total. The van der Waals surface area contributed by atoms with Crippen LogP contribution in [-0.4, -0.2) is 43.1 Å². The number of anilines is 1. The minimum absolute atomic E-state index is 0.165. The quantitative estimate of drug-likeness (QED) is 0.354. The molecule has 0 aliphatic heterocycles. The van der Waals surface area contributed by atoms with Gasteiger partial charge in [-0.05, 0) is 24.3 Å². The maximum Gasteiger partial charge on any atom is 0.329 e. The Hall–Kier alpha value is -3.39. The molecule has 27 heavy (non-hydrogen) atoms. The number of rotatable bonds is 11. The first-order valence-corrected chi connectivity index (χ1v) is 8.14. The van der Waals surface area contributed by atoms with Crippen LogP contribution in [0.2, 0.25) is 0 Å². The third kappa shape index (κ3) is 7.17. The van der Waals surface area contributed by atoms with Crippen molar-refractivity contribution in [2.45, 2.75) is 6.42 Å². The number of carbonyl (C=O) groups is 3. The van der Waals surface area contributed by atoms with E-state index in [2.05, 4.69) is 5.32 Å². The van der Waals surface area contributed by atoms with Gasteiger partial charge in [0.1, 0.15) is 23.9 Å². The number of aliphatic carboxylic acids is 1. The van der Waals surface area contributed by atoms with Crippen LogP contribution in [0.1, 0.15) is 6.42 Å². The zero-order valence-electron chi connectivity index (χ0n) is 14.4. The molecule has 0 spiro atoms. The smallest absolute Gasteiger partial charge is 0.329 e. The summed E-state index contributed by atoms with van der Waals surface area (Å²) in [5.41, 5.74) is 0.318. The molecule has 142 valence electrons. The molecule has 0 saturated heterocycles. The molecule has 0 aliphatic rings. The van der Waals surface area contributed by atoms with E-state index in [-0.39, 0.29) is 26.1 Å². The van der Waals surface area contributed by atoms with Crippen molar-refractivity contribution in [3.8, 4) is 17.2 Å². The van der Waals surface area contributed by atoms with E-state index in [1.807, 2.05) is 18.2 Å². The highest BCUT2D eigenvalue weighted by atomic mass is 16.5. The standard InChI is InChI=1S/C19H19NO7/c21-12-18(22)20-16-8-7-15(27-14-5-2-1-3-6-14)11-17(16)26-10-4-9-25-13-19(23)24/h1-3,5-8,11-12H,4,9-10,13H2,(H,20,22)(H,23,24). The van der Waals surface area contributed by atoms with E-state index < -0.39 is 11.9 Å². The van der Waals surface area contributed by atoms with Crippen molar-refractivity contribution in [2.24, 2.45) is 0 Å². The normalized spacial score (nSPS) is 10.1. The van der Waals surface area contributed by atoms with Gasteiger partial charge >= 0.3 is 5.97 Å². The van der Waals surface area contributed by atoms with Gasteiger partial charge in [-0.15, -0.1) is 0 Å². The van der Waals surface area contributed by atoms with Crippen LogP contribution in [0.5, 0.6) is 17.2 Å². The van der Waals surface area contributed by atoms with Gasteiger partial charge in [0.2, 0.25) is 6.29 Å². The molecule has 0 bridgehead atoms. The molecule has 0 saturated carbocycles. The molecule has 0 atom stereocenters. The molecule has 0 aliphatic carbocycles. The van der Waals surface area contributed by atoms with Gasteiger partial charge in [0.05, 0.1) is 18.9 Å². The first-order valence-electron chi connectivity index (χ1n) is 8.14. The van der Waals surface area contributed by atoms with Crippen LogP contribution in [0.15, 0.2) is 48.5 Å². The fourth-order valence-electron chi connectivity index (χ4n) is 2.08. The van der Waals surface area contributed by atoms with Gasteiger partial charge in [0, 0.05) is 12.5 Å². The van der Waals surface area contributed by atoms with Crippen LogP contribution in [0, 0.1) is 0 Å². The van der Waals surface area contributed by atoms with Crippen LogP contribution in [0.25, 0.3) is 0 Å². The lowest BCUT2D eigenvalue weighted by atomic mass is 10.2. The molecule has 0 fully saturated rings. The van der Waals surface area contributed by atoms with E-state index in [1.54, 1.807) is 30.3 Å². The molecule has 0 radical (unpaired) electrons. The summed E-state index contributed by atoms with van der Waals surface area (Å²) in [7, 11) is 0. The van der Waals surface area contributed by atoms with Gasteiger partial charge in [0.15, 0.2) is 0 Å². The topological polar surface area (TPSA) is 111 Å². The van der Waals surface area contributed by atoms with Gasteiger partial charge in [-0.1, -0.05) is 18.2 Å². The van der Waals surface area contributed by atoms with E-state index in [1.165, 1.54) is 0 Å². The van der Waals surface area contributed by atoms with Crippen LogP contribution < -0.4 is 14.8 Å². The van der Waals surface area contributed by atoms with Gasteiger partial charge in [-0.2, -0.15) is 0 Å². The summed E-state index contributed by atoms with van der Waals surface area (Å²) in [6, 6.07) is 13.9. The summed E-state index contributed by atoms with van der Waals surface area (Å²) in [6.07, 6.45) is 0.607. The summed E-state index contributed by atoms with van der Waals surface area (Å²) in [5, 5.41) is 10.9. The predicted octanol–water partition coefficient (Wildman–Crippen LogP) is 2.49. The van der Waals surface area contributed by atoms with E-state index in [0.717, 1.165) is 0 Å². The Morgan fingerprint density at radius 1 is 1.04 bits per heavy atom. The van der Waals surface area contributed by atoms with Crippen molar-refractivity contribution < 1.29 is 33.7 Å². The SMILES string of the molecule is O=CC(=O)Nc1ccc(Oc2ccccc2)cc1OCCCOCC(=O)O. The van der Waals surface area contributed by atoms with Crippen LogP contribution in [0.4, 0.5) is 5.69 Å². The van der Waals surface area contributed by atoms with E-state index in [9.17, 15) is 14.4 Å². The largest absolute Gasteiger partial charge is 0.491 e. The maximum absolute atomic E-state index is 11.3. The van der Waals surface area contributed by atoms with Gasteiger partial charge in [-0.3, -0.25) is 9.59 Å². The van der Waals surface area contributed by atoms with Crippen LogP contribution in [-0.2, 0) is 19.1 Å². The first-order chi connectivity index (χ1) is 13.1. The number of nitrogens with one attached hydrogen (secondary N) is 1. The summed E-state index contributed by atoms with van der Waals surface area (Å²) in [4.78, 5) is 32.3. The molecule has 1 amide bonds. The average molecular weight is 373 g/mol. The summed E-state index contributed by atoms with van der Waals surface area (Å²) in [6.45, 7) is 0.0575. The molecule has 0 aromatic heterocycles. The minimum atomic E-state index is -1.04. The molecule has 8 heteroatoms. The average Bonchev–Trinajstić information content (AvgIpc) is 2.66. The van der Waals surface area contributed by atoms with Crippen LogP contribution >= 0.6 is 0 Å². The van der Waals surface area contributed by atoms with Gasteiger partial charge in [0.25, 0.3) is 5.91 Å². The van der Waals surface area contributed by atoms with Gasteiger partial charge in [-0.25, -0.2) is 4.79 Å². The molecule has 2 aromatic carbocycles. The lowest BCUT2D eigenvalue weighted by Gasteiger charge is -2.14. The van der Waals surface area contributed by atoms with E-state index in [0.29, 0.717) is 29.4 Å². The molecule has 0 unspecified atom stereocenters. The Kier molecular flexibility index (Phi) is 7.80. The molecule has 2 aromatic rings. The number of para-hydroxylation sites is 1. The van der Waals surface area contributed by atoms with Crippen molar-refractivity contribution in [1.82, 2.24) is 0 Å². The second-order valence-electron chi connectivity index (χ2n) is 5.33. The Bertz CT molecular complexity index is 777. The third-order valence-corrected chi connectivity index (χ3v) is 3.21. The Morgan fingerprint density at radius 3 is 2.52 bits per heavy atom. The fraction of sp³-hybridized carbons (Fsp3) is 0.211. The summed E-state index contributed by atoms with van der Waals surface area (Å²) < 4.78 is 16.3. The number of ether oxygens (including phenoxy) is 3. The molecular weight excluding hydrogens is 354 g/mol. The predicted molar refractivity (Wildman–Crippen MR) is 96.2 cm³/mol. The Morgan fingerprint density at radius 2 is 1.81 bits per heavy atom. The second-order valence-corrected chi connectivity index (χ2v) is 5.33. The number of benzene rings is 2. The monoisotopic (exact) mass is 373 g/mol. The van der Waals surface area contributed by atoms with Crippen molar-refractivity contribution in [1.29, 1.82) is 0 Å². The number of amides is 1. The number of hydrogen-bond donors (Lipinski definition) is 2. The minimum Gasteiger partial charge on any atom is -0.491 e. The lowest BCUT2D eigenvalue weighted by Crippen LogP contribution is -2.14. The lowest BCUT2D eigenvalue weighted by molar-refractivity contribution is -0.142. The number of hydrogen-bond acceptors (Lipinski definition) is 6. The van der Waals surface area contributed by atoms with Crippen molar-refractivity contribution in [3.63, 3.8) is 0 Å². The van der Waals surface area contributed by atoms with Crippen LogP contribution in [0.3, 0.4) is 0 Å². The highest BCUT2D eigenvalue weighted by molar-refractivity contribution is 6.29. The van der Waals surface area contributed by atoms with E-state index >= 15 is 0 Å². The zero-order valence-corrected chi connectivity index (χ0v) is 14.4. The first kappa shape index (κ1) is 19.9. The summed E-state index contributed by atoms with van der Waals surface area (Å²) >= 11 is 0. The van der Waals surface area contributed by atoms with Gasteiger partial charge < -0.3 is 24.6 Å². The fourth-order valence-corrected chi connectivity index (χ4v) is 2.08. The molecule has 0 heterocycles. The molecule has 8 nitrogen and oxygen atoms in total. The maximum atomic E-state index is 11.3. The van der Waals surface area contributed by atoms with Crippen molar-refractivity contribution in [2.75, 3.05) is 25.1 Å². The summed E-state index contributed by atoms with van der Waals surface area (Å²) in [5.74, 6) is -0.406. The number of carboxylic acid groups (broad SMARTS) is 1. The number of aldehydes is 1. The molecule has 2 rings (SSSR count). The highest BCUT2D eigenvalue weighted by Gasteiger charge is 2.10. The molecular formula is C19H19NO7.